The molecule has 7 fully saturated rings. The van der Waals surface area contributed by atoms with Gasteiger partial charge in [0.2, 0.25) is 11.9 Å². The number of aromatic amines is 1. The van der Waals surface area contributed by atoms with Crippen molar-refractivity contribution in [2.45, 2.75) is 65.1 Å². The molecule has 14 heterocycles. The first-order valence-electron chi connectivity index (χ1n) is 47.3. The van der Waals surface area contributed by atoms with Gasteiger partial charge in [0.15, 0.2) is 0 Å². The Morgan fingerprint density at radius 3 is 1.22 bits per heavy atom. The molecule has 4 N–H and O–H groups in total. The van der Waals surface area contributed by atoms with Gasteiger partial charge in [0, 0.05) is 247 Å². The van der Waals surface area contributed by atoms with Crippen molar-refractivity contribution in [2.75, 3.05) is 243 Å². The van der Waals surface area contributed by atoms with E-state index in [0.717, 1.165) is 234 Å². The van der Waals surface area contributed by atoms with E-state index in [0.29, 0.717) is 71.1 Å². The first-order valence-corrected chi connectivity index (χ1v) is 53.0. The highest BCUT2D eigenvalue weighted by Gasteiger charge is 2.52. The summed E-state index contributed by atoms with van der Waals surface area (Å²) in [5, 5.41) is 43.2. The Labute approximate surface area is 874 Å². The largest absolute Gasteiger partial charge is 0.494 e. The highest BCUT2D eigenvalue weighted by molar-refractivity contribution is 9.11. The molecule has 0 atom stereocenters. The van der Waals surface area contributed by atoms with Gasteiger partial charge < -0.3 is 64.1 Å². The highest BCUT2D eigenvalue weighted by atomic mass is 79.9. The summed E-state index contributed by atoms with van der Waals surface area (Å²) >= 11 is 42.3. The predicted octanol–water partition coefficient (Wildman–Crippen LogP) is 17.5. The molecule has 7 aliphatic rings. The van der Waals surface area contributed by atoms with Gasteiger partial charge in [-0.05, 0) is 158 Å². The molecule has 7 saturated heterocycles. The molecule has 0 saturated carbocycles. The molecule has 0 spiro atoms. The number of morpholine rings is 2. The summed E-state index contributed by atoms with van der Waals surface area (Å²) in [6.45, 7) is 39.1. The van der Waals surface area contributed by atoms with E-state index in [4.69, 9.17) is 91.9 Å². The van der Waals surface area contributed by atoms with Crippen molar-refractivity contribution in [1.29, 1.82) is 0 Å². The monoisotopic (exact) mass is 2240 g/mol. The van der Waals surface area contributed by atoms with Crippen LogP contribution in [0.4, 0.5) is 34.9 Å². The lowest BCUT2D eigenvalue weighted by atomic mass is 9.79. The maximum Gasteiger partial charge on any atom is 0.494 e. The first-order chi connectivity index (χ1) is 67.3. The summed E-state index contributed by atoms with van der Waals surface area (Å²) in [4.78, 5) is 39.9. The van der Waals surface area contributed by atoms with Crippen LogP contribution in [0.1, 0.15) is 27.7 Å². The number of nitrogens with one attached hydrogen (secondary N) is 4. The molecule has 21 rings (SSSR count). The number of nitrogens with zero attached hydrogens (tertiary/aromatic N) is 22. The van der Waals surface area contributed by atoms with Crippen LogP contribution in [0.3, 0.4) is 0 Å². The van der Waals surface area contributed by atoms with Crippen molar-refractivity contribution in [3.63, 3.8) is 0 Å². The fourth-order valence-electron chi connectivity index (χ4n) is 16.2. The van der Waals surface area contributed by atoms with Gasteiger partial charge in [0.1, 0.15) is 16.8 Å². The molecule has 7 aliphatic heterocycles. The maximum absolute atomic E-state index is 6.22. The number of halogens is 9. The van der Waals surface area contributed by atoms with Crippen LogP contribution in [0.5, 0.6) is 0 Å². The molecule has 30 nitrogen and oxygen atoms in total. The standard InChI is InChI=1S/C28H33ClN8O.C20H31BN4O2.C14H19BrN4.C14H14Cl2N4O.C9H8BrClN2.C7H5BrN2.C5H12N2.C2H4BrCl/c1-34-8-10-35(11-9-34)12-13-37-26-18-21(2-3-22(26)20-30-37)25-19-27(31-24-6-4-23(29)5-7-24)33-28(32-25)36-14-16-38-17-15-36;1-19(2)20(3,4)27-21(26-19)17-7-6-16-15-22-25(18(16)14-17)13-12-24-10-8-23(5)9-11-24;1-17-4-6-18(7-5-17)8-9-19-14-10-13(15)3-2-12(14)11-16-19;15-10-1-3-11(4-2-10)17-13-9-12(16)18-14(19-13)20-5-7-21-8-6-20;10-8-2-1-7-6-12-13(4-3-11)9(7)5-8;8-6-2-1-5-4-9-10-7(5)3-6;1-7-4-2-6-3-5-7;3-1-2-4/h2-7,18-20H,8-17H2,1H3,(H,31,32,33);6-7,14-15H,8-13H2,1-5H3;2-3,10-11H,4-9H2,1H3;1-4,9H,5-8H2,(H,17,18,19);1-2,5-6H,3-4H2;1-4H,(H,9,10);6H,2-5H2,1H3;1-2H2. The number of piperazine rings is 4. The molecular weight excluding hydrogens is 2120 g/mol. The molecule has 40 heteroatoms. The second-order valence-electron chi connectivity index (χ2n) is 36.0. The van der Waals surface area contributed by atoms with E-state index in [1.807, 2.05) is 121 Å². The second kappa shape index (κ2) is 53.2. The minimum atomic E-state index is -0.333. The number of rotatable bonds is 20. The van der Waals surface area contributed by atoms with Crippen LogP contribution in [0.2, 0.25) is 15.2 Å². The lowest BCUT2D eigenvalue weighted by Crippen LogP contribution is -2.45. The molecule has 7 aromatic heterocycles. The van der Waals surface area contributed by atoms with Crippen LogP contribution in [-0.4, -0.2) is 344 Å². The van der Waals surface area contributed by atoms with Gasteiger partial charge in [0.25, 0.3) is 0 Å². The van der Waals surface area contributed by atoms with Crippen molar-refractivity contribution < 1.29 is 18.8 Å². The number of aromatic nitrogens is 14. The normalized spacial score (nSPS) is 17.3. The smallest absolute Gasteiger partial charge is 0.399 e. The number of H-pyrrole nitrogens is 1. The number of ether oxygens (including phenoxy) is 2. The molecule has 7 aromatic carbocycles. The van der Waals surface area contributed by atoms with Gasteiger partial charge in [-0.3, -0.25) is 38.5 Å². The van der Waals surface area contributed by atoms with E-state index < -0.39 is 0 Å². The topological polar surface area (TPSA) is 254 Å². The molecule has 742 valence electrons. The molecule has 139 heavy (non-hydrogen) atoms. The number of aryl methyl sites for hydroxylation is 1. The Bertz CT molecular complexity index is 6130. The van der Waals surface area contributed by atoms with Gasteiger partial charge >= 0.3 is 7.12 Å². The van der Waals surface area contributed by atoms with Crippen molar-refractivity contribution in [3.05, 3.63) is 211 Å². The zero-order valence-corrected chi connectivity index (χ0v) is 90.4. The van der Waals surface area contributed by atoms with Crippen LogP contribution in [0, 0.1) is 0 Å². The Morgan fingerprint density at radius 2 is 0.784 bits per heavy atom. The van der Waals surface area contributed by atoms with Crippen LogP contribution in [-0.2, 0) is 45.0 Å². The fraction of sp³-hybridized carbons (Fsp3) is 0.444. The Kier molecular flexibility index (Phi) is 40.9. The van der Waals surface area contributed by atoms with Crippen molar-refractivity contribution in [1.82, 2.24) is 109 Å². The van der Waals surface area contributed by atoms with Crippen molar-refractivity contribution in [2.24, 2.45) is 0 Å². The summed E-state index contributed by atoms with van der Waals surface area (Å²) < 4.78 is 34.8. The predicted molar refractivity (Wildman–Crippen MR) is 585 cm³/mol. The number of hydrogen-bond donors (Lipinski definition) is 4. The van der Waals surface area contributed by atoms with Crippen molar-refractivity contribution in [3.8, 4) is 11.3 Å². The third-order valence-electron chi connectivity index (χ3n) is 25.4. The molecule has 0 bridgehead atoms. The molecule has 0 aliphatic carbocycles. The van der Waals surface area contributed by atoms with E-state index in [9.17, 15) is 0 Å². The number of likely N-dealkylation sites (N-methyl/N-ethyl adjacent to an activating group) is 4. The Hall–Kier alpha value is -7.80. The highest BCUT2D eigenvalue weighted by Crippen LogP contribution is 2.38. The van der Waals surface area contributed by atoms with E-state index in [-0.39, 0.29) is 18.3 Å². The SMILES string of the molecule is Brc1ccc2cn[nH]c2c1.CN1CCN(CCn2ncc3ccc(-c4cc(Nc5ccc(Cl)cc5)nc(N5CCOCC5)n4)cc32)CC1.CN1CCN(CCn2ncc3ccc(B4OC(C)(C)C(C)(C)O4)cc32)CC1.CN1CCN(CCn2ncc3ccc(Br)cc32)CC1.CN1CCNCC1.ClCCBr.ClCCn1ncc2ccc(Br)cc21.Clc1ccc(Nc2cc(Cl)nc(N3CCOCC3)n2)cc1. The summed E-state index contributed by atoms with van der Waals surface area (Å²) in [6.07, 6.45) is 9.52. The van der Waals surface area contributed by atoms with Gasteiger partial charge in [-0.2, -0.15) is 35.5 Å². The summed E-state index contributed by atoms with van der Waals surface area (Å²) in [6, 6.07) is 50.0. The Morgan fingerprint density at radius 1 is 0.396 bits per heavy atom. The zero-order chi connectivity index (χ0) is 97.8. The van der Waals surface area contributed by atoms with Crippen LogP contribution in [0.15, 0.2) is 196 Å². The summed E-state index contributed by atoms with van der Waals surface area (Å²) in [5.74, 6) is 4.00. The number of fused-ring (bicyclic) bond motifs is 5. The quantitative estimate of drug-likeness (QED) is 0.0314. The minimum absolute atomic E-state index is 0.325. The van der Waals surface area contributed by atoms with Crippen LogP contribution < -0.4 is 31.2 Å². The van der Waals surface area contributed by atoms with E-state index >= 15 is 0 Å². The van der Waals surface area contributed by atoms with Crippen molar-refractivity contribution >= 4 is 224 Å². The third-order valence-corrected chi connectivity index (χ3v) is 28.7. The van der Waals surface area contributed by atoms with Crippen LogP contribution >= 0.6 is 122 Å². The number of benzene rings is 7. The lowest BCUT2D eigenvalue weighted by molar-refractivity contribution is 0.00578. The van der Waals surface area contributed by atoms with Gasteiger partial charge in [0.05, 0.1) is 128 Å². The van der Waals surface area contributed by atoms with Gasteiger partial charge in [-0.25, -0.2) is 9.97 Å². The average Bonchev–Trinajstić information content (AvgIpc) is 1.66. The van der Waals surface area contributed by atoms with Gasteiger partial charge in [-0.15, -0.1) is 23.2 Å². The van der Waals surface area contributed by atoms with E-state index in [1.54, 1.807) is 6.07 Å². The average molecular weight is 2250 g/mol. The number of anilines is 6. The molecule has 0 radical (unpaired) electrons. The molecular formula is C99H126BBr4Cl5N26O4. The minimum Gasteiger partial charge on any atom is -0.399 e. The Balaban J connectivity index is 0.000000135. The first kappa shape index (κ1) is 107. The molecule has 0 unspecified atom stereocenters. The maximum atomic E-state index is 6.22. The number of alkyl halides is 3. The fourth-order valence-corrected chi connectivity index (χ4v) is 17.9. The molecule has 0 amide bonds. The third kappa shape index (κ3) is 31.9. The number of hydrogen-bond acceptors (Lipinski definition) is 25. The van der Waals surface area contributed by atoms with Gasteiger partial charge in [-0.1, -0.05) is 141 Å². The van der Waals surface area contributed by atoms with Crippen LogP contribution in [0.25, 0.3) is 65.8 Å². The second-order valence-corrected chi connectivity index (χ2v) is 41.5. The summed E-state index contributed by atoms with van der Waals surface area (Å²) in [7, 11) is 8.39. The lowest BCUT2D eigenvalue weighted by Gasteiger charge is -2.32. The van der Waals surface area contributed by atoms with E-state index in [1.165, 1.54) is 50.2 Å². The summed E-state index contributed by atoms with van der Waals surface area (Å²) in [5.41, 5.74) is 9.79. The van der Waals surface area contributed by atoms with E-state index in [2.05, 4.69) is 290 Å². The molecule has 14 aromatic rings. The zero-order valence-electron chi connectivity index (χ0n) is 80.3.